The van der Waals surface area contributed by atoms with E-state index >= 15 is 0 Å². The summed E-state index contributed by atoms with van der Waals surface area (Å²) in [4.78, 5) is 41.0. The second-order valence-corrected chi connectivity index (χ2v) is 8.55. The first-order valence-corrected chi connectivity index (χ1v) is 10.3. The molecule has 0 unspecified atom stereocenters. The van der Waals surface area contributed by atoms with Gasteiger partial charge in [-0.1, -0.05) is 0 Å². The van der Waals surface area contributed by atoms with Crippen molar-refractivity contribution >= 4 is 11.8 Å². The Balaban J connectivity index is 1.39. The summed E-state index contributed by atoms with van der Waals surface area (Å²) < 4.78 is 1.59. The number of hydrogen-bond acceptors (Lipinski definition) is 3. The number of rotatable bonds is 4. The van der Waals surface area contributed by atoms with E-state index in [2.05, 4.69) is 4.90 Å². The molecule has 146 valence electrons. The molecule has 2 amide bonds. The van der Waals surface area contributed by atoms with Gasteiger partial charge in [-0.2, -0.15) is 0 Å². The summed E-state index contributed by atoms with van der Waals surface area (Å²) in [6.45, 7) is 5.72. The van der Waals surface area contributed by atoms with Gasteiger partial charge in [-0.3, -0.25) is 14.4 Å². The molecule has 2 aliphatic heterocycles. The molecule has 1 spiro atoms. The first kappa shape index (κ1) is 18.3. The van der Waals surface area contributed by atoms with E-state index in [1.54, 1.807) is 16.8 Å². The van der Waals surface area contributed by atoms with Gasteiger partial charge in [0, 0.05) is 57.0 Å². The molecule has 1 saturated carbocycles. The van der Waals surface area contributed by atoms with Crippen LogP contribution in [0.1, 0.15) is 55.8 Å². The highest BCUT2D eigenvalue weighted by atomic mass is 16.2. The molecular formula is C21H29N3O3. The van der Waals surface area contributed by atoms with E-state index in [0.717, 1.165) is 38.3 Å². The van der Waals surface area contributed by atoms with E-state index in [9.17, 15) is 14.4 Å². The number of amides is 2. The highest BCUT2D eigenvalue weighted by molar-refractivity contribution is 5.94. The van der Waals surface area contributed by atoms with Gasteiger partial charge >= 0.3 is 0 Å². The van der Waals surface area contributed by atoms with Crippen LogP contribution in [0.3, 0.4) is 0 Å². The quantitative estimate of drug-likeness (QED) is 0.814. The van der Waals surface area contributed by atoms with E-state index in [1.165, 1.54) is 18.9 Å². The summed E-state index contributed by atoms with van der Waals surface area (Å²) in [7, 11) is 0. The van der Waals surface area contributed by atoms with Crippen molar-refractivity contribution < 1.29 is 9.59 Å². The highest BCUT2D eigenvalue weighted by Crippen LogP contribution is 2.42. The SMILES string of the molecule is CCn1ccc(C(=O)N2CCC3(CCC(=O)N(CC4CC4)C3)CC2)cc1=O. The van der Waals surface area contributed by atoms with E-state index in [0.29, 0.717) is 37.5 Å². The first-order chi connectivity index (χ1) is 13.0. The van der Waals surface area contributed by atoms with Crippen LogP contribution in [0.25, 0.3) is 0 Å². The van der Waals surface area contributed by atoms with Crippen LogP contribution >= 0.6 is 0 Å². The maximum absolute atomic E-state index is 12.8. The minimum absolute atomic E-state index is 0.0491. The Kier molecular flexibility index (Phi) is 4.82. The molecular weight excluding hydrogens is 342 g/mol. The summed E-state index contributed by atoms with van der Waals surface area (Å²) in [5.74, 6) is 0.977. The zero-order valence-electron chi connectivity index (χ0n) is 16.2. The molecule has 0 aromatic carbocycles. The number of aryl methyl sites for hydroxylation is 1. The van der Waals surface area contributed by atoms with Crippen LogP contribution in [0.5, 0.6) is 0 Å². The molecule has 3 aliphatic rings. The molecule has 27 heavy (non-hydrogen) atoms. The van der Waals surface area contributed by atoms with Crippen molar-refractivity contribution in [3.05, 3.63) is 34.2 Å². The normalized spacial score (nSPS) is 22.3. The van der Waals surface area contributed by atoms with Gasteiger partial charge in [-0.05, 0) is 56.4 Å². The summed E-state index contributed by atoms with van der Waals surface area (Å²) in [5, 5.41) is 0. The van der Waals surface area contributed by atoms with Crippen LogP contribution in [0, 0.1) is 11.3 Å². The number of likely N-dealkylation sites (tertiary alicyclic amines) is 2. The van der Waals surface area contributed by atoms with E-state index in [4.69, 9.17) is 0 Å². The fourth-order valence-corrected chi connectivity index (χ4v) is 4.56. The second-order valence-electron chi connectivity index (χ2n) is 8.55. The summed E-state index contributed by atoms with van der Waals surface area (Å²) in [6.07, 6.45) is 7.70. The van der Waals surface area contributed by atoms with Crippen molar-refractivity contribution in [2.24, 2.45) is 11.3 Å². The number of nitrogens with zero attached hydrogens (tertiary/aromatic N) is 3. The molecule has 1 aromatic heterocycles. The van der Waals surface area contributed by atoms with Gasteiger partial charge in [-0.25, -0.2) is 0 Å². The predicted molar refractivity (Wildman–Crippen MR) is 102 cm³/mol. The standard InChI is InChI=1S/C21H29N3O3/c1-2-22-10-6-17(13-19(22)26)20(27)23-11-8-21(9-12-23)7-5-18(25)24(15-21)14-16-3-4-16/h6,10,13,16H,2-5,7-9,11-12,14-15H2,1H3. The molecule has 3 heterocycles. The third kappa shape index (κ3) is 3.80. The smallest absolute Gasteiger partial charge is 0.254 e. The zero-order valence-corrected chi connectivity index (χ0v) is 16.2. The Morgan fingerprint density at radius 1 is 1.19 bits per heavy atom. The van der Waals surface area contributed by atoms with Crippen molar-refractivity contribution in [1.29, 1.82) is 0 Å². The average molecular weight is 371 g/mol. The van der Waals surface area contributed by atoms with Crippen LogP contribution in [-0.4, -0.2) is 52.4 Å². The van der Waals surface area contributed by atoms with Crippen LogP contribution in [-0.2, 0) is 11.3 Å². The van der Waals surface area contributed by atoms with Gasteiger partial charge < -0.3 is 14.4 Å². The number of carbonyl (C=O) groups excluding carboxylic acids is 2. The van der Waals surface area contributed by atoms with Gasteiger partial charge in [0.2, 0.25) is 5.91 Å². The molecule has 0 radical (unpaired) electrons. The van der Waals surface area contributed by atoms with Crippen LogP contribution in [0.2, 0.25) is 0 Å². The maximum Gasteiger partial charge on any atom is 0.254 e. The Bertz CT molecular complexity index is 788. The van der Waals surface area contributed by atoms with Crippen molar-refractivity contribution in [3.8, 4) is 0 Å². The van der Waals surface area contributed by atoms with Gasteiger partial charge in [0.1, 0.15) is 0 Å². The fraction of sp³-hybridized carbons (Fsp3) is 0.667. The van der Waals surface area contributed by atoms with Gasteiger partial charge in [0.15, 0.2) is 0 Å². The Morgan fingerprint density at radius 2 is 1.93 bits per heavy atom. The number of pyridine rings is 1. The highest BCUT2D eigenvalue weighted by Gasteiger charge is 2.42. The summed E-state index contributed by atoms with van der Waals surface area (Å²) >= 11 is 0. The molecule has 1 aromatic rings. The molecule has 0 N–H and O–H groups in total. The zero-order chi connectivity index (χ0) is 19.0. The summed E-state index contributed by atoms with van der Waals surface area (Å²) in [6, 6.07) is 3.20. The van der Waals surface area contributed by atoms with Gasteiger partial charge in [-0.15, -0.1) is 0 Å². The number of aromatic nitrogens is 1. The lowest BCUT2D eigenvalue weighted by Crippen LogP contribution is -2.52. The van der Waals surface area contributed by atoms with E-state index < -0.39 is 0 Å². The molecule has 4 rings (SSSR count). The van der Waals surface area contributed by atoms with Crippen molar-refractivity contribution in [3.63, 3.8) is 0 Å². The topological polar surface area (TPSA) is 62.6 Å². The molecule has 6 heteroatoms. The number of piperidine rings is 2. The molecule has 0 bridgehead atoms. The molecule has 6 nitrogen and oxygen atoms in total. The van der Waals surface area contributed by atoms with Crippen LogP contribution < -0.4 is 5.56 Å². The maximum atomic E-state index is 12.8. The Hall–Kier alpha value is -2.11. The lowest BCUT2D eigenvalue weighted by Gasteiger charge is -2.47. The minimum Gasteiger partial charge on any atom is -0.342 e. The lowest BCUT2D eigenvalue weighted by molar-refractivity contribution is -0.139. The second kappa shape index (κ2) is 7.13. The van der Waals surface area contributed by atoms with Gasteiger partial charge in [0.05, 0.1) is 0 Å². The fourth-order valence-electron chi connectivity index (χ4n) is 4.56. The predicted octanol–water partition coefficient (Wildman–Crippen LogP) is 2.12. The van der Waals surface area contributed by atoms with Gasteiger partial charge in [0.25, 0.3) is 11.5 Å². The molecule has 1 aliphatic carbocycles. The lowest BCUT2D eigenvalue weighted by atomic mass is 9.72. The minimum atomic E-state index is -0.127. The first-order valence-electron chi connectivity index (χ1n) is 10.3. The van der Waals surface area contributed by atoms with Crippen LogP contribution in [0.4, 0.5) is 0 Å². The third-order valence-corrected chi connectivity index (χ3v) is 6.62. The average Bonchev–Trinajstić information content (AvgIpc) is 3.49. The largest absolute Gasteiger partial charge is 0.342 e. The number of carbonyl (C=O) groups is 2. The van der Waals surface area contributed by atoms with Crippen molar-refractivity contribution in [2.75, 3.05) is 26.2 Å². The van der Waals surface area contributed by atoms with Crippen LogP contribution in [0.15, 0.2) is 23.1 Å². The monoisotopic (exact) mass is 371 g/mol. The third-order valence-electron chi connectivity index (χ3n) is 6.62. The van der Waals surface area contributed by atoms with Crippen molar-refractivity contribution in [2.45, 2.75) is 52.0 Å². The van der Waals surface area contributed by atoms with E-state index in [1.807, 2.05) is 11.8 Å². The Morgan fingerprint density at radius 3 is 2.56 bits per heavy atom. The molecule has 3 fully saturated rings. The Labute approximate surface area is 160 Å². The molecule has 2 saturated heterocycles. The number of hydrogen-bond donors (Lipinski definition) is 0. The van der Waals surface area contributed by atoms with E-state index in [-0.39, 0.29) is 16.9 Å². The van der Waals surface area contributed by atoms with Crippen molar-refractivity contribution in [1.82, 2.24) is 14.4 Å². The summed E-state index contributed by atoms with van der Waals surface area (Å²) in [5.41, 5.74) is 0.527. The molecule has 0 atom stereocenters.